The van der Waals surface area contributed by atoms with Crippen LogP contribution >= 0.6 is 11.5 Å². The first kappa shape index (κ1) is 14.2. The van der Waals surface area contributed by atoms with Crippen LogP contribution in [0.2, 0.25) is 0 Å². The fraction of sp³-hybridized carbons (Fsp3) is 0.400. The van der Waals surface area contributed by atoms with Crippen LogP contribution < -0.4 is 5.32 Å². The van der Waals surface area contributed by atoms with E-state index in [1.165, 1.54) is 17.1 Å². The van der Waals surface area contributed by atoms with Crippen LogP contribution in [0.1, 0.15) is 28.9 Å². The molecule has 6 heteroatoms. The Bertz CT molecular complexity index is 618. The van der Waals surface area contributed by atoms with E-state index in [2.05, 4.69) is 14.9 Å². The lowest BCUT2D eigenvalue weighted by molar-refractivity contribution is 0.0854. The van der Waals surface area contributed by atoms with Gasteiger partial charge in [-0.25, -0.2) is 0 Å². The topological polar surface area (TPSA) is 64.1 Å². The van der Waals surface area contributed by atoms with Crippen LogP contribution in [0, 0.1) is 6.92 Å². The summed E-state index contributed by atoms with van der Waals surface area (Å²) in [7, 11) is 0. The zero-order valence-corrected chi connectivity index (χ0v) is 12.7. The number of rotatable bonds is 4. The second kappa shape index (κ2) is 6.32. The molecule has 21 heavy (non-hydrogen) atoms. The molecule has 1 fully saturated rings. The molecule has 3 rings (SSSR count). The molecule has 2 heterocycles. The lowest BCUT2D eigenvalue weighted by Crippen LogP contribution is -2.32. The molecule has 1 unspecified atom stereocenters. The summed E-state index contributed by atoms with van der Waals surface area (Å²) >= 11 is 1.24. The Hall–Kier alpha value is -1.79. The quantitative estimate of drug-likeness (QED) is 0.942. The van der Waals surface area contributed by atoms with Crippen molar-refractivity contribution >= 4 is 17.4 Å². The molecule has 0 saturated carbocycles. The molecule has 1 aromatic carbocycles. The zero-order chi connectivity index (χ0) is 14.7. The number of carbonyl (C=O) groups is 1. The molecule has 0 spiro atoms. The number of aryl methyl sites for hydroxylation is 1. The summed E-state index contributed by atoms with van der Waals surface area (Å²) in [6.45, 7) is 3.35. The summed E-state index contributed by atoms with van der Waals surface area (Å²) in [6.07, 6.45) is 2.19. The minimum atomic E-state index is -0.185. The van der Waals surface area contributed by atoms with Crippen molar-refractivity contribution in [3.63, 3.8) is 0 Å². The SMILES string of the molecule is Cc1ccc(-c2snnc2C(=O)NCC2CCCO2)cc1. The van der Waals surface area contributed by atoms with E-state index in [-0.39, 0.29) is 12.0 Å². The molecule has 0 aliphatic carbocycles. The van der Waals surface area contributed by atoms with Gasteiger partial charge in [-0.1, -0.05) is 34.3 Å². The van der Waals surface area contributed by atoms with Gasteiger partial charge >= 0.3 is 0 Å². The molecule has 110 valence electrons. The minimum absolute atomic E-state index is 0.128. The second-order valence-corrected chi connectivity index (χ2v) is 5.92. The van der Waals surface area contributed by atoms with Gasteiger partial charge in [-0.3, -0.25) is 4.79 Å². The van der Waals surface area contributed by atoms with E-state index in [1.807, 2.05) is 31.2 Å². The Labute approximate surface area is 127 Å². The van der Waals surface area contributed by atoms with Gasteiger partial charge in [0.1, 0.15) is 0 Å². The van der Waals surface area contributed by atoms with Crippen molar-refractivity contribution in [3.05, 3.63) is 35.5 Å². The standard InChI is InChI=1S/C15H17N3O2S/c1-10-4-6-11(7-5-10)14-13(17-18-21-14)15(19)16-9-12-3-2-8-20-12/h4-7,12H,2-3,8-9H2,1H3,(H,16,19). The van der Waals surface area contributed by atoms with E-state index in [9.17, 15) is 4.79 Å². The Kier molecular flexibility index (Phi) is 4.26. The van der Waals surface area contributed by atoms with Crippen LogP contribution in [0.3, 0.4) is 0 Å². The van der Waals surface area contributed by atoms with Crippen molar-refractivity contribution in [2.24, 2.45) is 0 Å². The van der Waals surface area contributed by atoms with Crippen molar-refractivity contribution in [2.75, 3.05) is 13.2 Å². The molecule has 1 aliphatic rings. The summed E-state index contributed by atoms with van der Waals surface area (Å²) in [6, 6.07) is 8.01. The molecular weight excluding hydrogens is 286 g/mol. The van der Waals surface area contributed by atoms with Crippen molar-refractivity contribution in [3.8, 4) is 10.4 Å². The fourth-order valence-corrected chi connectivity index (χ4v) is 2.99. The van der Waals surface area contributed by atoms with Crippen molar-refractivity contribution < 1.29 is 9.53 Å². The van der Waals surface area contributed by atoms with E-state index in [0.29, 0.717) is 12.2 Å². The van der Waals surface area contributed by atoms with Crippen LogP contribution in [0.5, 0.6) is 0 Å². The van der Waals surface area contributed by atoms with Crippen molar-refractivity contribution in [1.82, 2.24) is 14.9 Å². The molecule has 1 amide bonds. The minimum Gasteiger partial charge on any atom is -0.376 e. The van der Waals surface area contributed by atoms with Gasteiger partial charge in [0.15, 0.2) is 5.69 Å². The molecular formula is C15H17N3O2S. The van der Waals surface area contributed by atoms with E-state index < -0.39 is 0 Å². The molecule has 2 aromatic rings. The van der Waals surface area contributed by atoms with Crippen LogP contribution in [-0.2, 0) is 4.74 Å². The molecule has 1 atom stereocenters. The highest BCUT2D eigenvalue weighted by molar-refractivity contribution is 7.09. The highest BCUT2D eigenvalue weighted by Gasteiger charge is 2.20. The first-order chi connectivity index (χ1) is 10.2. The van der Waals surface area contributed by atoms with Gasteiger partial charge in [0.05, 0.1) is 11.0 Å². The lowest BCUT2D eigenvalue weighted by atomic mass is 10.1. The maximum absolute atomic E-state index is 12.3. The van der Waals surface area contributed by atoms with Gasteiger partial charge in [-0.05, 0) is 36.9 Å². The first-order valence-electron chi connectivity index (χ1n) is 7.03. The molecule has 1 aliphatic heterocycles. The van der Waals surface area contributed by atoms with Crippen LogP contribution in [0.25, 0.3) is 10.4 Å². The number of hydrogen-bond donors (Lipinski definition) is 1. The Morgan fingerprint density at radius 2 is 2.24 bits per heavy atom. The van der Waals surface area contributed by atoms with Gasteiger partial charge in [0, 0.05) is 13.2 Å². The normalized spacial score (nSPS) is 17.9. The average Bonchev–Trinajstić information content (AvgIpc) is 3.17. The van der Waals surface area contributed by atoms with Gasteiger partial charge < -0.3 is 10.1 Å². The molecule has 0 radical (unpaired) electrons. The maximum atomic E-state index is 12.3. The number of ether oxygens (including phenoxy) is 1. The fourth-order valence-electron chi connectivity index (χ4n) is 2.33. The van der Waals surface area contributed by atoms with Crippen molar-refractivity contribution in [2.45, 2.75) is 25.9 Å². The maximum Gasteiger partial charge on any atom is 0.273 e. The van der Waals surface area contributed by atoms with E-state index in [4.69, 9.17) is 4.74 Å². The Morgan fingerprint density at radius 3 is 2.95 bits per heavy atom. The molecule has 0 bridgehead atoms. The molecule has 1 saturated heterocycles. The third-order valence-electron chi connectivity index (χ3n) is 3.53. The second-order valence-electron chi connectivity index (χ2n) is 5.16. The summed E-state index contributed by atoms with van der Waals surface area (Å²) in [5.74, 6) is -0.185. The number of benzene rings is 1. The molecule has 1 aromatic heterocycles. The molecule has 5 nitrogen and oxygen atoms in total. The number of amides is 1. The first-order valence-corrected chi connectivity index (χ1v) is 7.80. The van der Waals surface area contributed by atoms with Gasteiger partial charge in [0.25, 0.3) is 5.91 Å². The van der Waals surface area contributed by atoms with Crippen LogP contribution in [0.4, 0.5) is 0 Å². The van der Waals surface area contributed by atoms with E-state index >= 15 is 0 Å². The van der Waals surface area contributed by atoms with E-state index in [1.54, 1.807) is 0 Å². The predicted molar refractivity (Wildman–Crippen MR) is 81.4 cm³/mol. The number of hydrogen-bond acceptors (Lipinski definition) is 5. The van der Waals surface area contributed by atoms with Crippen molar-refractivity contribution in [1.29, 1.82) is 0 Å². The van der Waals surface area contributed by atoms with Gasteiger partial charge in [0.2, 0.25) is 0 Å². The van der Waals surface area contributed by atoms with Crippen LogP contribution in [0.15, 0.2) is 24.3 Å². The number of nitrogens with one attached hydrogen (secondary N) is 1. The summed E-state index contributed by atoms with van der Waals surface area (Å²) < 4.78 is 9.42. The summed E-state index contributed by atoms with van der Waals surface area (Å²) in [5.41, 5.74) is 2.54. The van der Waals surface area contributed by atoms with Gasteiger partial charge in [-0.2, -0.15) is 0 Å². The third-order valence-corrected chi connectivity index (χ3v) is 4.31. The summed E-state index contributed by atoms with van der Waals surface area (Å²) in [5, 5.41) is 6.86. The van der Waals surface area contributed by atoms with Gasteiger partial charge in [-0.15, -0.1) is 5.10 Å². The highest BCUT2D eigenvalue weighted by Crippen LogP contribution is 2.26. The Balaban J connectivity index is 1.72. The number of nitrogens with zero attached hydrogens (tertiary/aromatic N) is 2. The smallest absolute Gasteiger partial charge is 0.273 e. The highest BCUT2D eigenvalue weighted by atomic mass is 32.1. The zero-order valence-electron chi connectivity index (χ0n) is 11.8. The van der Waals surface area contributed by atoms with E-state index in [0.717, 1.165) is 29.9 Å². The number of carbonyl (C=O) groups excluding carboxylic acids is 1. The monoisotopic (exact) mass is 303 g/mol. The Morgan fingerprint density at radius 1 is 1.43 bits per heavy atom. The summed E-state index contributed by atoms with van der Waals surface area (Å²) in [4.78, 5) is 13.1. The predicted octanol–water partition coefficient (Wildman–Crippen LogP) is 2.42. The average molecular weight is 303 g/mol. The largest absolute Gasteiger partial charge is 0.376 e. The van der Waals surface area contributed by atoms with Crippen LogP contribution in [-0.4, -0.2) is 34.7 Å². The third kappa shape index (κ3) is 3.28. The number of aromatic nitrogens is 2. The molecule has 1 N–H and O–H groups in total. The lowest BCUT2D eigenvalue weighted by Gasteiger charge is -2.10.